The molecule has 0 aromatic carbocycles. The summed E-state index contributed by atoms with van der Waals surface area (Å²) < 4.78 is 25.9. The summed E-state index contributed by atoms with van der Waals surface area (Å²) in [4.78, 5) is 4.41. The van der Waals surface area contributed by atoms with Crippen molar-refractivity contribution in [3.8, 4) is 0 Å². The van der Waals surface area contributed by atoms with Crippen molar-refractivity contribution in [1.82, 2.24) is 9.80 Å². The van der Waals surface area contributed by atoms with Crippen LogP contribution in [0.15, 0.2) is 12.4 Å². The third kappa shape index (κ3) is 15.8. The Morgan fingerprint density at radius 3 is 1.87 bits per heavy atom. The Morgan fingerprint density at radius 2 is 1.73 bits per heavy atom. The molecule has 1 rings (SSSR count). The summed E-state index contributed by atoms with van der Waals surface area (Å²) >= 11 is 0. The van der Waals surface area contributed by atoms with Crippen LogP contribution in [0.5, 0.6) is 0 Å². The van der Waals surface area contributed by atoms with Gasteiger partial charge in [-0.15, -0.1) is 0 Å². The molecule has 1 aliphatic heterocycles. The molecule has 1 heterocycles. The van der Waals surface area contributed by atoms with E-state index in [0.29, 0.717) is 6.26 Å². The van der Waals surface area contributed by atoms with Gasteiger partial charge in [0, 0.05) is 26.0 Å². The third-order valence-corrected chi connectivity index (χ3v) is 1.34. The van der Waals surface area contributed by atoms with Crippen LogP contribution in [0.4, 0.5) is 9.41 Å². The van der Waals surface area contributed by atoms with E-state index >= 15 is 0 Å². The minimum absolute atomic E-state index is 0. The molecule has 0 fully saturated rings. The van der Waals surface area contributed by atoms with Gasteiger partial charge < -0.3 is 9.80 Å². The lowest BCUT2D eigenvalue weighted by molar-refractivity contribution is 0.308. The second-order valence-corrected chi connectivity index (χ2v) is 4.30. The SMILES string of the molecule is CCN1C=CN(C)C1.CS(=O)(=O)O.F.F. The molecule has 0 aromatic rings. The highest BCUT2D eigenvalue weighted by Crippen LogP contribution is 2.00. The minimum Gasteiger partial charge on any atom is -0.362 e. The van der Waals surface area contributed by atoms with Crippen LogP contribution in [0.3, 0.4) is 0 Å². The zero-order valence-electron chi connectivity index (χ0n) is 8.95. The number of halogens is 2. The Kier molecular flexibility index (Phi) is 11.0. The monoisotopic (exact) mass is 248 g/mol. The van der Waals surface area contributed by atoms with Crippen molar-refractivity contribution in [2.24, 2.45) is 0 Å². The summed E-state index contributed by atoms with van der Waals surface area (Å²) in [5.74, 6) is 0. The van der Waals surface area contributed by atoms with Gasteiger partial charge in [-0.3, -0.25) is 14.0 Å². The normalized spacial score (nSPS) is 13.6. The van der Waals surface area contributed by atoms with Crippen molar-refractivity contribution in [2.75, 3.05) is 26.5 Å². The van der Waals surface area contributed by atoms with Gasteiger partial charge in [-0.25, -0.2) is 0 Å². The molecule has 0 aliphatic carbocycles. The van der Waals surface area contributed by atoms with E-state index < -0.39 is 10.1 Å². The lowest BCUT2D eigenvalue weighted by Crippen LogP contribution is -2.21. The second-order valence-electron chi connectivity index (χ2n) is 2.83. The van der Waals surface area contributed by atoms with Crippen LogP contribution in [-0.4, -0.2) is 49.3 Å². The molecule has 0 aromatic heterocycles. The molecule has 0 amide bonds. The molecule has 0 saturated heterocycles. The lowest BCUT2D eigenvalue weighted by Gasteiger charge is -2.14. The zero-order valence-corrected chi connectivity index (χ0v) is 9.77. The standard InChI is InChI=1S/C6H12N2.CH4O3S.2FH/c1-3-8-5-4-7(2)6-8;1-5(2,3)4;;/h4-5H,3,6H2,1-2H3;1H3,(H,2,3,4);2*1H. The molecule has 0 unspecified atom stereocenters. The third-order valence-electron chi connectivity index (χ3n) is 1.34. The Morgan fingerprint density at radius 1 is 1.33 bits per heavy atom. The fraction of sp³-hybridized carbons (Fsp3) is 0.714. The van der Waals surface area contributed by atoms with Gasteiger partial charge in [0.15, 0.2) is 0 Å². The largest absolute Gasteiger partial charge is 0.362 e. The molecular weight excluding hydrogens is 230 g/mol. The first-order valence-electron chi connectivity index (χ1n) is 3.88. The van der Waals surface area contributed by atoms with Gasteiger partial charge in [0.25, 0.3) is 10.1 Å². The van der Waals surface area contributed by atoms with Gasteiger partial charge in [0.2, 0.25) is 0 Å². The van der Waals surface area contributed by atoms with Gasteiger partial charge in [-0.2, -0.15) is 8.42 Å². The van der Waals surface area contributed by atoms with Crippen molar-refractivity contribution in [2.45, 2.75) is 6.92 Å². The van der Waals surface area contributed by atoms with Crippen molar-refractivity contribution >= 4 is 10.1 Å². The van der Waals surface area contributed by atoms with Crippen LogP contribution in [-0.2, 0) is 10.1 Å². The van der Waals surface area contributed by atoms with Crippen LogP contribution in [0.25, 0.3) is 0 Å². The average Bonchev–Trinajstić information content (AvgIpc) is 2.31. The number of rotatable bonds is 1. The Labute approximate surface area is 88.8 Å². The molecule has 0 radical (unpaired) electrons. The average molecular weight is 248 g/mol. The Hall–Kier alpha value is -0.890. The van der Waals surface area contributed by atoms with E-state index in [2.05, 4.69) is 36.2 Å². The van der Waals surface area contributed by atoms with Crippen LogP contribution in [0.1, 0.15) is 6.92 Å². The van der Waals surface area contributed by atoms with Gasteiger partial charge in [-0.1, -0.05) is 0 Å². The first-order chi connectivity index (χ1) is 5.83. The van der Waals surface area contributed by atoms with Crippen LogP contribution >= 0.6 is 0 Å². The minimum atomic E-state index is -3.67. The molecule has 5 nitrogen and oxygen atoms in total. The summed E-state index contributed by atoms with van der Waals surface area (Å²) in [6, 6.07) is 0. The number of nitrogens with zero attached hydrogens (tertiary/aromatic N) is 2. The summed E-state index contributed by atoms with van der Waals surface area (Å²) in [7, 11) is -1.59. The molecule has 0 bridgehead atoms. The summed E-state index contributed by atoms with van der Waals surface area (Å²) in [6.07, 6.45) is 4.91. The van der Waals surface area contributed by atoms with E-state index in [1.165, 1.54) is 0 Å². The van der Waals surface area contributed by atoms with E-state index in [-0.39, 0.29) is 9.41 Å². The fourth-order valence-corrected chi connectivity index (χ4v) is 0.794. The zero-order chi connectivity index (χ0) is 10.5. The van der Waals surface area contributed by atoms with Crippen molar-refractivity contribution in [3.63, 3.8) is 0 Å². The van der Waals surface area contributed by atoms with Gasteiger partial charge >= 0.3 is 0 Å². The van der Waals surface area contributed by atoms with E-state index in [0.717, 1.165) is 13.2 Å². The lowest BCUT2D eigenvalue weighted by atomic mass is 10.6. The smallest absolute Gasteiger partial charge is 0.261 e. The number of hydrogen-bond acceptors (Lipinski definition) is 4. The first-order valence-corrected chi connectivity index (χ1v) is 5.73. The highest BCUT2D eigenvalue weighted by molar-refractivity contribution is 7.85. The summed E-state index contributed by atoms with van der Waals surface area (Å²) in [6.45, 7) is 4.32. The highest BCUT2D eigenvalue weighted by atomic mass is 32.2. The van der Waals surface area contributed by atoms with Crippen molar-refractivity contribution in [1.29, 1.82) is 0 Å². The maximum Gasteiger partial charge on any atom is 0.261 e. The van der Waals surface area contributed by atoms with Gasteiger partial charge in [0.05, 0.1) is 12.9 Å². The molecule has 8 heteroatoms. The van der Waals surface area contributed by atoms with Crippen LogP contribution in [0, 0.1) is 0 Å². The number of hydrogen-bond donors (Lipinski definition) is 1. The Bertz CT molecular complexity index is 261. The summed E-state index contributed by atoms with van der Waals surface area (Å²) in [5, 5.41) is 0. The maximum atomic E-state index is 9.19. The van der Waals surface area contributed by atoms with E-state index in [4.69, 9.17) is 4.55 Å². The van der Waals surface area contributed by atoms with E-state index in [1.807, 2.05) is 0 Å². The first kappa shape index (κ1) is 19.6. The molecule has 1 N–H and O–H groups in total. The fourth-order valence-electron chi connectivity index (χ4n) is 0.794. The van der Waals surface area contributed by atoms with Gasteiger partial charge in [0.1, 0.15) is 0 Å². The van der Waals surface area contributed by atoms with Crippen molar-refractivity contribution < 1.29 is 22.4 Å². The van der Waals surface area contributed by atoms with E-state index in [9.17, 15) is 8.42 Å². The van der Waals surface area contributed by atoms with E-state index in [1.54, 1.807) is 0 Å². The Balaban J connectivity index is -0.000000185. The predicted molar refractivity (Wildman–Crippen MR) is 56.6 cm³/mol. The molecule has 15 heavy (non-hydrogen) atoms. The molecule has 0 spiro atoms. The van der Waals surface area contributed by atoms with Gasteiger partial charge in [-0.05, 0) is 6.92 Å². The molecular formula is C7H18F2N2O3S. The second kappa shape index (κ2) is 8.42. The molecule has 0 saturated carbocycles. The molecule has 94 valence electrons. The summed E-state index contributed by atoms with van der Waals surface area (Å²) in [5.41, 5.74) is 0. The predicted octanol–water partition coefficient (Wildman–Crippen LogP) is 0.491. The van der Waals surface area contributed by atoms with Crippen LogP contribution in [0.2, 0.25) is 0 Å². The molecule has 0 atom stereocenters. The van der Waals surface area contributed by atoms with Crippen molar-refractivity contribution in [3.05, 3.63) is 12.4 Å². The quantitative estimate of drug-likeness (QED) is 0.684. The van der Waals surface area contributed by atoms with Crippen LogP contribution < -0.4 is 0 Å². The topological polar surface area (TPSA) is 60.9 Å². The highest BCUT2D eigenvalue weighted by Gasteiger charge is 2.03. The maximum absolute atomic E-state index is 9.19. The molecule has 1 aliphatic rings.